The van der Waals surface area contributed by atoms with Crippen LogP contribution in [0, 0.1) is 0 Å². The van der Waals surface area contributed by atoms with Gasteiger partial charge in [0.05, 0.1) is 10.6 Å². The molecule has 0 amide bonds. The molecule has 2 aromatic carbocycles. The third-order valence-corrected chi connectivity index (χ3v) is 7.13. The number of halogens is 1. The molecule has 4 aromatic rings. The Morgan fingerprint density at radius 2 is 1.93 bits per heavy atom. The number of hydrogen-bond acceptors (Lipinski definition) is 4. The SMILES string of the molecule is Cn1c2c(c3ccccc31)CN(Cc1csc(N)c1C(=O)c1ccc(Cl)cc1)CC2. The summed E-state index contributed by atoms with van der Waals surface area (Å²) >= 11 is 7.41. The number of aryl methyl sites for hydroxylation is 1. The van der Waals surface area contributed by atoms with E-state index in [4.69, 9.17) is 17.3 Å². The van der Waals surface area contributed by atoms with Crippen LogP contribution in [0.15, 0.2) is 53.9 Å². The van der Waals surface area contributed by atoms with Gasteiger partial charge in [0.15, 0.2) is 5.78 Å². The summed E-state index contributed by atoms with van der Waals surface area (Å²) in [5.41, 5.74) is 12.6. The van der Waals surface area contributed by atoms with Crippen molar-refractivity contribution in [2.75, 3.05) is 12.3 Å². The van der Waals surface area contributed by atoms with Crippen molar-refractivity contribution in [3.8, 4) is 0 Å². The summed E-state index contributed by atoms with van der Waals surface area (Å²) < 4.78 is 2.32. The average molecular weight is 436 g/mol. The van der Waals surface area contributed by atoms with Gasteiger partial charge < -0.3 is 10.3 Å². The number of ketones is 1. The van der Waals surface area contributed by atoms with Crippen molar-refractivity contribution in [1.82, 2.24) is 9.47 Å². The number of nitrogens with zero attached hydrogens (tertiary/aromatic N) is 2. The molecule has 152 valence electrons. The van der Waals surface area contributed by atoms with Crippen LogP contribution >= 0.6 is 22.9 Å². The minimum absolute atomic E-state index is 0.0386. The first-order valence-electron chi connectivity index (χ1n) is 9.96. The topological polar surface area (TPSA) is 51.3 Å². The fourth-order valence-electron chi connectivity index (χ4n) is 4.49. The van der Waals surface area contributed by atoms with E-state index in [0.29, 0.717) is 27.7 Å². The minimum Gasteiger partial charge on any atom is -0.390 e. The summed E-state index contributed by atoms with van der Waals surface area (Å²) in [5.74, 6) is -0.0386. The molecule has 0 radical (unpaired) electrons. The Balaban J connectivity index is 1.43. The number of hydrogen-bond donors (Lipinski definition) is 1. The lowest BCUT2D eigenvalue weighted by Crippen LogP contribution is -2.30. The number of nitrogen functional groups attached to an aromatic ring is 1. The number of nitrogens with two attached hydrogens (primary N) is 1. The van der Waals surface area contributed by atoms with Crippen LogP contribution in [0.2, 0.25) is 5.02 Å². The molecule has 30 heavy (non-hydrogen) atoms. The molecular formula is C24H22ClN3OS. The molecule has 4 nitrogen and oxygen atoms in total. The molecule has 0 spiro atoms. The molecule has 2 N–H and O–H groups in total. The molecule has 0 aliphatic carbocycles. The second-order valence-electron chi connectivity index (χ2n) is 7.80. The number of rotatable bonds is 4. The lowest BCUT2D eigenvalue weighted by atomic mass is 10.00. The maximum atomic E-state index is 13.1. The average Bonchev–Trinajstić information content (AvgIpc) is 3.26. The highest BCUT2D eigenvalue weighted by atomic mass is 35.5. The summed E-state index contributed by atoms with van der Waals surface area (Å²) in [6.07, 6.45) is 1.00. The largest absolute Gasteiger partial charge is 0.390 e. The summed E-state index contributed by atoms with van der Waals surface area (Å²) in [7, 11) is 2.15. The number of anilines is 1. The highest BCUT2D eigenvalue weighted by Gasteiger charge is 2.25. The van der Waals surface area contributed by atoms with Gasteiger partial charge >= 0.3 is 0 Å². The number of para-hydroxylation sites is 1. The molecule has 0 saturated carbocycles. The summed E-state index contributed by atoms with van der Waals surface area (Å²) in [4.78, 5) is 15.6. The highest BCUT2D eigenvalue weighted by molar-refractivity contribution is 7.14. The normalized spacial score (nSPS) is 14.2. The van der Waals surface area contributed by atoms with Crippen LogP contribution in [0.1, 0.15) is 32.7 Å². The zero-order valence-electron chi connectivity index (χ0n) is 16.7. The smallest absolute Gasteiger partial charge is 0.196 e. The van der Waals surface area contributed by atoms with Gasteiger partial charge in [-0.1, -0.05) is 29.8 Å². The van der Waals surface area contributed by atoms with E-state index in [1.807, 2.05) is 5.38 Å². The zero-order chi connectivity index (χ0) is 20.8. The first kappa shape index (κ1) is 19.4. The van der Waals surface area contributed by atoms with Crippen molar-refractivity contribution >= 4 is 44.6 Å². The van der Waals surface area contributed by atoms with Crippen LogP contribution < -0.4 is 5.73 Å². The van der Waals surface area contributed by atoms with Gasteiger partial charge in [-0.25, -0.2) is 0 Å². The fourth-order valence-corrected chi connectivity index (χ4v) is 5.42. The Hall–Kier alpha value is -2.60. The van der Waals surface area contributed by atoms with Crippen molar-refractivity contribution in [2.45, 2.75) is 19.5 Å². The molecule has 0 saturated heterocycles. The van der Waals surface area contributed by atoms with Gasteiger partial charge in [-0.2, -0.15) is 0 Å². The molecule has 2 aromatic heterocycles. The quantitative estimate of drug-likeness (QED) is 0.444. The van der Waals surface area contributed by atoms with Crippen LogP contribution in [0.4, 0.5) is 5.00 Å². The molecule has 0 atom stereocenters. The van der Waals surface area contributed by atoms with E-state index in [9.17, 15) is 4.79 Å². The molecular weight excluding hydrogens is 414 g/mol. The van der Waals surface area contributed by atoms with E-state index < -0.39 is 0 Å². The summed E-state index contributed by atoms with van der Waals surface area (Å²) in [6.45, 7) is 2.55. The van der Waals surface area contributed by atoms with Gasteiger partial charge in [0.25, 0.3) is 0 Å². The van der Waals surface area contributed by atoms with Crippen molar-refractivity contribution in [2.24, 2.45) is 7.05 Å². The highest BCUT2D eigenvalue weighted by Crippen LogP contribution is 2.33. The third kappa shape index (κ3) is 3.23. The third-order valence-electron chi connectivity index (χ3n) is 6.01. The van der Waals surface area contributed by atoms with Crippen LogP contribution in [0.25, 0.3) is 10.9 Å². The van der Waals surface area contributed by atoms with Gasteiger partial charge in [-0.05, 0) is 46.8 Å². The lowest BCUT2D eigenvalue weighted by Gasteiger charge is -2.28. The second kappa shape index (κ2) is 7.58. The predicted molar refractivity (Wildman–Crippen MR) is 124 cm³/mol. The van der Waals surface area contributed by atoms with Gasteiger partial charge in [0, 0.05) is 60.3 Å². The van der Waals surface area contributed by atoms with E-state index in [-0.39, 0.29) is 5.78 Å². The number of carbonyl (C=O) groups excluding carboxylic acids is 1. The van der Waals surface area contributed by atoms with E-state index >= 15 is 0 Å². The Labute approximate surface area is 184 Å². The zero-order valence-corrected chi connectivity index (χ0v) is 18.3. The van der Waals surface area contributed by atoms with Gasteiger partial charge in [-0.3, -0.25) is 9.69 Å². The number of thiophene rings is 1. The number of fused-ring (bicyclic) bond motifs is 3. The molecule has 0 fully saturated rings. The van der Waals surface area contributed by atoms with Gasteiger partial charge in [0.1, 0.15) is 0 Å². The van der Waals surface area contributed by atoms with Crippen LogP contribution in [0.3, 0.4) is 0 Å². The predicted octanol–water partition coefficient (Wildman–Crippen LogP) is 5.26. The van der Waals surface area contributed by atoms with Crippen molar-refractivity contribution in [3.05, 3.63) is 86.9 Å². The first-order chi connectivity index (χ1) is 14.5. The maximum Gasteiger partial charge on any atom is 0.196 e. The molecule has 6 heteroatoms. The van der Waals surface area contributed by atoms with E-state index in [1.165, 1.54) is 33.5 Å². The molecule has 1 aliphatic rings. The molecule has 5 rings (SSSR count). The second-order valence-corrected chi connectivity index (χ2v) is 9.15. The van der Waals surface area contributed by atoms with Crippen LogP contribution in [-0.4, -0.2) is 21.8 Å². The van der Waals surface area contributed by atoms with Crippen molar-refractivity contribution in [3.63, 3.8) is 0 Å². The number of carbonyl (C=O) groups is 1. The minimum atomic E-state index is -0.0386. The van der Waals surface area contributed by atoms with Gasteiger partial charge in [0.2, 0.25) is 0 Å². The maximum absolute atomic E-state index is 13.1. The molecule has 3 heterocycles. The van der Waals surface area contributed by atoms with E-state index in [1.54, 1.807) is 24.3 Å². The Morgan fingerprint density at radius 1 is 1.17 bits per heavy atom. The Kier molecular flexibility index (Phi) is 4.89. The van der Waals surface area contributed by atoms with Crippen LogP contribution in [0.5, 0.6) is 0 Å². The standard InChI is InChI=1S/C24H22ClN3OS/c1-27-20-5-3-2-4-18(20)19-13-28(11-10-21(19)27)12-16-14-30-24(26)22(16)23(29)15-6-8-17(25)9-7-15/h2-9,14H,10-13,26H2,1H3. The molecule has 1 aliphatic heterocycles. The fraction of sp³-hybridized carbons (Fsp3) is 0.208. The Morgan fingerprint density at radius 3 is 2.73 bits per heavy atom. The monoisotopic (exact) mass is 435 g/mol. The van der Waals surface area contributed by atoms with Gasteiger partial charge in [-0.15, -0.1) is 11.3 Å². The molecule has 0 bridgehead atoms. The number of benzene rings is 2. The Bertz CT molecular complexity index is 1260. The molecule has 0 unspecified atom stereocenters. The van der Waals surface area contributed by atoms with E-state index in [2.05, 4.69) is 40.8 Å². The number of aromatic nitrogens is 1. The van der Waals surface area contributed by atoms with E-state index in [0.717, 1.165) is 25.1 Å². The van der Waals surface area contributed by atoms with Crippen molar-refractivity contribution < 1.29 is 4.79 Å². The first-order valence-corrected chi connectivity index (χ1v) is 11.2. The van der Waals surface area contributed by atoms with Crippen LogP contribution in [-0.2, 0) is 26.6 Å². The summed E-state index contributed by atoms with van der Waals surface area (Å²) in [5, 5.41) is 4.54. The lowest BCUT2D eigenvalue weighted by molar-refractivity contribution is 0.103. The van der Waals surface area contributed by atoms with Crippen molar-refractivity contribution in [1.29, 1.82) is 0 Å². The summed E-state index contributed by atoms with van der Waals surface area (Å²) in [6, 6.07) is 15.6.